The molecule has 0 aliphatic carbocycles. The first-order valence-corrected chi connectivity index (χ1v) is 7.12. The lowest BCUT2D eigenvalue weighted by molar-refractivity contribution is 0.550. The molecule has 2 rings (SSSR count). The van der Waals surface area contributed by atoms with Crippen molar-refractivity contribution in [3.63, 3.8) is 0 Å². The largest absolute Gasteiger partial charge is 0.314 e. The SMILES string of the molecule is CC(C)(C)c1csc(CCC2CCCN2)n1. The Kier molecular flexibility index (Phi) is 3.65. The van der Waals surface area contributed by atoms with Crippen LogP contribution in [0, 0.1) is 0 Å². The molecule has 0 aromatic carbocycles. The van der Waals surface area contributed by atoms with Gasteiger partial charge in [0, 0.05) is 23.3 Å². The van der Waals surface area contributed by atoms with Gasteiger partial charge in [0.05, 0.1) is 10.7 Å². The Morgan fingerprint density at radius 3 is 2.88 bits per heavy atom. The fraction of sp³-hybridized carbons (Fsp3) is 0.769. The van der Waals surface area contributed by atoms with Gasteiger partial charge >= 0.3 is 0 Å². The quantitative estimate of drug-likeness (QED) is 0.875. The first-order valence-electron chi connectivity index (χ1n) is 6.24. The number of aryl methyl sites for hydroxylation is 1. The standard InChI is InChI=1S/C13H22N2S/c1-13(2,3)11-9-16-12(15-11)7-6-10-5-4-8-14-10/h9-10,14H,4-8H2,1-3H3. The number of thiazole rings is 1. The molecular weight excluding hydrogens is 216 g/mol. The average molecular weight is 238 g/mol. The predicted molar refractivity (Wildman–Crippen MR) is 70.2 cm³/mol. The van der Waals surface area contributed by atoms with Crippen LogP contribution in [0.25, 0.3) is 0 Å². The molecule has 1 saturated heterocycles. The van der Waals surface area contributed by atoms with E-state index in [0.717, 1.165) is 12.5 Å². The third-order valence-corrected chi connectivity index (χ3v) is 4.10. The lowest BCUT2D eigenvalue weighted by Gasteiger charge is -2.14. The summed E-state index contributed by atoms with van der Waals surface area (Å²) >= 11 is 1.82. The fourth-order valence-electron chi connectivity index (χ4n) is 2.07. The van der Waals surface area contributed by atoms with Crippen LogP contribution in [0.1, 0.15) is 50.7 Å². The molecule has 0 bridgehead atoms. The van der Waals surface area contributed by atoms with Crippen molar-refractivity contribution >= 4 is 11.3 Å². The molecule has 0 saturated carbocycles. The first kappa shape index (κ1) is 12.1. The molecule has 1 aliphatic rings. The van der Waals surface area contributed by atoms with Crippen LogP contribution in [0.2, 0.25) is 0 Å². The number of aromatic nitrogens is 1. The Morgan fingerprint density at radius 1 is 1.50 bits per heavy atom. The summed E-state index contributed by atoms with van der Waals surface area (Å²) in [5.41, 5.74) is 1.44. The zero-order chi connectivity index (χ0) is 11.6. The zero-order valence-electron chi connectivity index (χ0n) is 10.5. The topological polar surface area (TPSA) is 24.9 Å². The third-order valence-electron chi connectivity index (χ3n) is 3.19. The van der Waals surface area contributed by atoms with Crippen LogP contribution >= 0.6 is 11.3 Å². The van der Waals surface area contributed by atoms with Gasteiger partial charge in [-0.1, -0.05) is 20.8 Å². The van der Waals surface area contributed by atoms with Crippen molar-refractivity contribution in [2.75, 3.05) is 6.54 Å². The van der Waals surface area contributed by atoms with E-state index in [9.17, 15) is 0 Å². The monoisotopic (exact) mass is 238 g/mol. The maximum atomic E-state index is 4.73. The molecule has 1 unspecified atom stereocenters. The summed E-state index contributed by atoms with van der Waals surface area (Å²) in [5.74, 6) is 0. The third kappa shape index (κ3) is 3.05. The van der Waals surface area contributed by atoms with Gasteiger partial charge in [0.2, 0.25) is 0 Å². The van der Waals surface area contributed by atoms with Crippen LogP contribution in [0.5, 0.6) is 0 Å². The average Bonchev–Trinajstić information content (AvgIpc) is 2.85. The Hall–Kier alpha value is -0.410. The number of nitrogens with zero attached hydrogens (tertiary/aromatic N) is 1. The second-order valence-corrected chi connectivity index (χ2v) is 6.65. The summed E-state index contributed by atoms with van der Waals surface area (Å²) in [6.45, 7) is 7.88. The van der Waals surface area contributed by atoms with Gasteiger partial charge in [-0.3, -0.25) is 0 Å². The van der Waals surface area contributed by atoms with E-state index >= 15 is 0 Å². The molecule has 16 heavy (non-hydrogen) atoms. The second kappa shape index (κ2) is 4.84. The Labute approximate surface area is 102 Å². The highest BCUT2D eigenvalue weighted by atomic mass is 32.1. The maximum absolute atomic E-state index is 4.73. The molecule has 0 spiro atoms. The summed E-state index contributed by atoms with van der Waals surface area (Å²) in [6, 6.07) is 0.738. The molecule has 1 N–H and O–H groups in total. The van der Waals surface area contributed by atoms with Crippen LogP contribution in [0.15, 0.2) is 5.38 Å². The molecule has 0 radical (unpaired) electrons. The zero-order valence-corrected chi connectivity index (χ0v) is 11.4. The van der Waals surface area contributed by atoms with E-state index in [-0.39, 0.29) is 5.41 Å². The van der Waals surface area contributed by atoms with Crippen LogP contribution < -0.4 is 5.32 Å². The van der Waals surface area contributed by atoms with Crippen molar-refractivity contribution in [1.82, 2.24) is 10.3 Å². The Bertz CT molecular complexity index is 332. The van der Waals surface area contributed by atoms with Gasteiger partial charge in [-0.25, -0.2) is 4.98 Å². The maximum Gasteiger partial charge on any atom is 0.0929 e. The minimum Gasteiger partial charge on any atom is -0.314 e. The van der Waals surface area contributed by atoms with Gasteiger partial charge in [-0.2, -0.15) is 0 Å². The van der Waals surface area contributed by atoms with Crippen molar-refractivity contribution in [1.29, 1.82) is 0 Å². The van der Waals surface area contributed by atoms with Gasteiger partial charge in [0.25, 0.3) is 0 Å². The van der Waals surface area contributed by atoms with Crippen molar-refractivity contribution < 1.29 is 0 Å². The molecule has 90 valence electrons. The van der Waals surface area contributed by atoms with Gasteiger partial charge in [0.15, 0.2) is 0 Å². The summed E-state index contributed by atoms with van der Waals surface area (Å²) in [4.78, 5) is 4.73. The van der Waals surface area contributed by atoms with Crippen molar-refractivity contribution in [3.05, 3.63) is 16.1 Å². The second-order valence-electron chi connectivity index (χ2n) is 5.71. The molecule has 3 heteroatoms. The minimum absolute atomic E-state index is 0.195. The van der Waals surface area contributed by atoms with Crippen LogP contribution in [0.3, 0.4) is 0 Å². The lowest BCUT2D eigenvalue weighted by atomic mass is 9.93. The summed E-state index contributed by atoms with van der Waals surface area (Å²) in [7, 11) is 0. The highest BCUT2D eigenvalue weighted by molar-refractivity contribution is 7.09. The Morgan fingerprint density at radius 2 is 2.31 bits per heavy atom. The van der Waals surface area contributed by atoms with Crippen LogP contribution in [-0.2, 0) is 11.8 Å². The first-order chi connectivity index (χ1) is 7.55. The van der Waals surface area contributed by atoms with Crippen LogP contribution in [-0.4, -0.2) is 17.6 Å². The summed E-state index contributed by atoms with van der Waals surface area (Å²) < 4.78 is 0. The minimum atomic E-state index is 0.195. The number of hydrogen-bond donors (Lipinski definition) is 1. The Balaban J connectivity index is 1.87. The summed E-state index contributed by atoms with van der Waals surface area (Å²) in [5, 5.41) is 7.06. The molecular formula is C13H22N2S. The predicted octanol–water partition coefficient (Wildman–Crippen LogP) is 3.13. The molecule has 1 aromatic heterocycles. The van der Waals surface area contributed by atoms with Gasteiger partial charge in [0.1, 0.15) is 0 Å². The van der Waals surface area contributed by atoms with Crippen LogP contribution in [0.4, 0.5) is 0 Å². The van der Waals surface area contributed by atoms with Crippen molar-refractivity contribution in [2.45, 2.75) is 57.9 Å². The van der Waals surface area contributed by atoms with E-state index in [1.165, 1.54) is 36.5 Å². The van der Waals surface area contributed by atoms with E-state index in [0.29, 0.717) is 0 Å². The van der Waals surface area contributed by atoms with Crippen molar-refractivity contribution in [3.8, 4) is 0 Å². The van der Waals surface area contributed by atoms with E-state index in [2.05, 4.69) is 31.5 Å². The summed E-state index contributed by atoms with van der Waals surface area (Å²) in [6.07, 6.45) is 5.07. The van der Waals surface area contributed by atoms with Gasteiger partial charge < -0.3 is 5.32 Å². The molecule has 0 amide bonds. The molecule has 1 fully saturated rings. The van der Waals surface area contributed by atoms with E-state index in [1.807, 2.05) is 11.3 Å². The number of nitrogens with one attached hydrogen (secondary N) is 1. The lowest BCUT2D eigenvalue weighted by Crippen LogP contribution is -2.21. The molecule has 2 heterocycles. The molecule has 1 aromatic rings. The number of rotatable bonds is 3. The highest BCUT2D eigenvalue weighted by Crippen LogP contribution is 2.25. The fourth-order valence-corrected chi connectivity index (χ4v) is 3.11. The molecule has 1 atom stereocenters. The van der Waals surface area contributed by atoms with E-state index in [1.54, 1.807) is 0 Å². The van der Waals surface area contributed by atoms with Crippen molar-refractivity contribution in [2.24, 2.45) is 0 Å². The van der Waals surface area contributed by atoms with E-state index < -0.39 is 0 Å². The van der Waals surface area contributed by atoms with Gasteiger partial charge in [-0.15, -0.1) is 11.3 Å². The van der Waals surface area contributed by atoms with Gasteiger partial charge in [-0.05, 0) is 25.8 Å². The molecule has 2 nitrogen and oxygen atoms in total. The normalized spacial score (nSPS) is 21.6. The molecule has 1 aliphatic heterocycles. The highest BCUT2D eigenvalue weighted by Gasteiger charge is 2.18. The number of hydrogen-bond acceptors (Lipinski definition) is 3. The smallest absolute Gasteiger partial charge is 0.0929 e. The van der Waals surface area contributed by atoms with E-state index in [4.69, 9.17) is 4.98 Å².